The minimum atomic E-state index is 0.00284. The average Bonchev–Trinajstić information content (AvgIpc) is 4.06. The van der Waals surface area contributed by atoms with Gasteiger partial charge in [-0.2, -0.15) is 0 Å². The molecule has 8 bridgehead atoms. The molecule has 4 aliphatic heterocycles. The van der Waals surface area contributed by atoms with Crippen LogP contribution in [0.25, 0.3) is 0 Å². The van der Waals surface area contributed by atoms with Crippen LogP contribution in [0.2, 0.25) is 0 Å². The first-order chi connectivity index (χ1) is 35.5. The van der Waals surface area contributed by atoms with Gasteiger partial charge in [0.2, 0.25) is 0 Å². The number of para-hydroxylation sites is 5. The summed E-state index contributed by atoms with van der Waals surface area (Å²) in [6.07, 6.45) is 13.7. The Morgan fingerprint density at radius 2 is 0.764 bits per heavy atom. The molecule has 0 amide bonds. The Kier molecular flexibility index (Phi) is 7.70. The zero-order chi connectivity index (χ0) is 46.6. The Labute approximate surface area is 423 Å². The number of ether oxygens (including phenoxy) is 1. The van der Waals surface area contributed by atoms with Gasteiger partial charge in [-0.05, 0) is 227 Å². The fourth-order valence-corrected chi connectivity index (χ4v) is 18.6. The molecule has 0 saturated heterocycles. The molecular weight excluding hydrogens is 872 g/mol. The second-order valence-corrected chi connectivity index (χ2v) is 24.4. The van der Waals surface area contributed by atoms with E-state index in [4.69, 9.17) is 4.74 Å². The van der Waals surface area contributed by atoms with Crippen LogP contribution in [0, 0.1) is 35.5 Å². The SMILES string of the molecule is c1ccc(N2c3ccccc3B3c4cc5c(cc4Oc4cc(C67CC8CC(C6)C(C8)C7)cc2c43)N(c2ccccc2)c2cc(C34CC6CC(C3)C(C6)C4)cc3c2B5c2ccccc2N3c2ccccc2)cc1. The summed E-state index contributed by atoms with van der Waals surface area (Å²) in [4.78, 5) is 7.84. The molecule has 8 aromatic carbocycles. The lowest BCUT2D eigenvalue weighted by atomic mass is 9.30. The van der Waals surface area contributed by atoms with Gasteiger partial charge in [0.05, 0.1) is 0 Å². The third-order valence-electron chi connectivity index (χ3n) is 20.9. The number of hydrogen-bond acceptors (Lipinski definition) is 4. The van der Waals surface area contributed by atoms with Crippen molar-refractivity contribution in [3.8, 4) is 11.5 Å². The predicted molar refractivity (Wildman–Crippen MR) is 297 cm³/mol. The third kappa shape index (κ3) is 5.16. The van der Waals surface area contributed by atoms with Crippen molar-refractivity contribution in [2.45, 2.75) is 75.0 Å². The molecule has 4 unspecified atom stereocenters. The maximum Gasteiger partial charge on any atom is 0.256 e. The highest BCUT2D eigenvalue weighted by molar-refractivity contribution is 7.02. The van der Waals surface area contributed by atoms with E-state index in [-0.39, 0.29) is 24.3 Å². The fraction of sp³-hybridized carbons (Fsp3) is 0.273. The summed E-state index contributed by atoms with van der Waals surface area (Å²) in [6, 6.07) is 67.9. The first-order valence-electron chi connectivity index (χ1n) is 27.5. The highest BCUT2D eigenvalue weighted by atomic mass is 16.5. The van der Waals surface area contributed by atoms with Crippen molar-refractivity contribution < 1.29 is 4.74 Å². The van der Waals surface area contributed by atoms with Crippen LogP contribution in [0.1, 0.15) is 75.3 Å². The van der Waals surface area contributed by atoms with Crippen LogP contribution in [0.15, 0.2) is 176 Å². The van der Waals surface area contributed by atoms with Crippen molar-refractivity contribution in [3.63, 3.8) is 0 Å². The summed E-state index contributed by atoms with van der Waals surface area (Å²) >= 11 is 0. The van der Waals surface area contributed by atoms with E-state index in [1.807, 2.05) is 0 Å². The summed E-state index contributed by atoms with van der Waals surface area (Å²) in [5.74, 6) is 7.25. The lowest BCUT2D eigenvalue weighted by Crippen LogP contribution is -2.64. The van der Waals surface area contributed by atoms with Crippen LogP contribution in [0.3, 0.4) is 0 Å². The number of rotatable bonds is 5. The average molecular weight is 928 g/mol. The topological polar surface area (TPSA) is 19.0 Å². The van der Waals surface area contributed by atoms with E-state index in [1.165, 1.54) is 154 Å². The van der Waals surface area contributed by atoms with Gasteiger partial charge in [-0.1, -0.05) is 97.1 Å². The van der Waals surface area contributed by atoms with Gasteiger partial charge < -0.3 is 19.4 Å². The quantitative estimate of drug-likeness (QED) is 0.160. The first kappa shape index (κ1) is 39.7. The van der Waals surface area contributed by atoms with Crippen molar-refractivity contribution in [3.05, 3.63) is 187 Å². The second-order valence-electron chi connectivity index (χ2n) is 24.4. The van der Waals surface area contributed by atoms with Gasteiger partial charge in [0.1, 0.15) is 11.5 Å². The summed E-state index contributed by atoms with van der Waals surface area (Å²) < 4.78 is 7.70. The molecule has 8 saturated carbocycles. The zero-order valence-corrected chi connectivity index (χ0v) is 40.7. The summed E-state index contributed by atoms with van der Waals surface area (Å²) in [7, 11) is 0. The molecular formula is C66H55B2N3O. The highest BCUT2D eigenvalue weighted by Gasteiger charge is 2.59. The van der Waals surface area contributed by atoms with Crippen LogP contribution < -0.4 is 52.2 Å². The van der Waals surface area contributed by atoms with Crippen molar-refractivity contribution in [1.29, 1.82) is 0 Å². The second kappa shape index (κ2) is 14.0. The van der Waals surface area contributed by atoms with Gasteiger partial charge in [-0.15, -0.1) is 0 Å². The molecule has 4 nitrogen and oxygen atoms in total. The smallest absolute Gasteiger partial charge is 0.256 e. The molecule has 0 spiro atoms. The first-order valence-corrected chi connectivity index (χ1v) is 27.5. The Balaban J connectivity index is 0.904. The van der Waals surface area contributed by atoms with E-state index in [0.29, 0.717) is 0 Å². The normalized spacial score (nSPS) is 28.4. The predicted octanol–water partition coefficient (Wildman–Crippen LogP) is 12.3. The summed E-state index contributed by atoms with van der Waals surface area (Å²) in [6.45, 7) is 0.0205. The van der Waals surface area contributed by atoms with Crippen LogP contribution in [-0.2, 0) is 10.8 Å². The van der Waals surface area contributed by atoms with E-state index in [1.54, 1.807) is 5.56 Å². The molecule has 8 aromatic rings. The Morgan fingerprint density at radius 3 is 1.25 bits per heavy atom. The molecule has 0 N–H and O–H groups in total. The lowest BCUT2D eigenvalue weighted by Gasteiger charge is -2.47. The molecule has 8 fully saturated rings. The summed E-state index contributed by atoms with van der Waals surface area (Å²) in [5.41, 5.74) is 22.9. The van der Waals surface area contributed by atoms with E-state index in [2.05, 4.69) is 191 Å². The zero-order valence-electron chi connectivity index (χ0n) is 40.7. The number of anilines is 9. The molecule has 4 heterocycles. The molecule has 4 atom stereocenters. The van der Waals surface area contributed by atoms with Crippen molar-refractivity contribution in [1.82, 2.24) is 0 Å². The molecule has 8 aliphatic carbocycles. The Hall–Kier alpha value is -6.91. The van der Waals surface area contributed by atoms with Gasteiger partial charge in [-0.3, -0.25) is 0 Å². The molecule has 20 rings (SSSR count). The fourth-order valence-electron chi connectivity index (χ4n) is 18.6. The molecule has 0 radical (unpaired) electrons. The maximum atomic E-state index is 7.70. The largest absolute Gasteiger partial charge is 0.458 e. The minimum Gasteiger partial charge on any atom is -0.458 e. The molecule has 12 aliphatic rings. The van der Waals surface area contributed by atoms with Crippen LogP contribution in [-0.4, -0.2) is 13.4 Å². The minimum absolute atomic E-state index is 0.00284. The molecule has 0 aromatic heterocycles. The van der Waals surface area contributed by atoms with Crippen molar-refractivity contribution in [2.75, 3.05) is 14.7 Å². The van der Waals surface area contributed by atoms with E-state index in [9.17, 15) is 0 Å². The van der Waals surface area contributed by atoms with Crippen molar-refractivity contribution in [2.24, 2.45) is 35.5 Å². The van der Waals surface area contributed by atoms with Crippen LogP contribution in [0.5, 0.6) is 11.5 Å². The highest BCUT2D eigenvalue weighted by Crippen LogP contribution is 2.67. The van der Waals surface area contributed by atoms with Crippen molar-refractivity contribution >= 4 is 97.4 Å². The van der Waals surface area contributed by atoms with Gasteiger partial charge in [0, 0.05) is 57.3 Å². The van der Waals surface area contributed by atoms with Gasteiger partial charge in [0.15, 0.2) is 0 Å². The third-order valence-corrected chi connectivity index (χ3v) is 20.9. The number of hydrogen-bond donors (Lipinski definition) is 0. The standard InChI is InChI=1S/C66H55B2N3O/c1-4-14-48(15-5-1)69-55-22-12-10-20-51(55)67-53-32-54-61(33-57(53)71(50-18-8-3-9-19-50)59-29-46(28-58(69)63(59)67)65-34-40-24-42(36-65)43(25-40)37-65)72-62-31-47(66-35-41-26-44(38-66)45(27-41)39-66)30-60-64(62)68(54)52-21-11-13-23-56(52)70(60)49-16-6-2-7-17-49/h1-23,28-33,40-45H,24-27,34-39H2. The molecule has 72 heavy (non-hydrogen) atoms. The lowest BCUT2D eigenvalue weighted by molar-refractivity contribution is 0.229. The maximum absolute atomic E-state index is 7.70. The van der Waals surface area contributed by atoms with Crippen LogP contribution >= 0.6 is 0 Å². The van der Waals surface area contributed by atoms with E-state index < -0.39 is 0 Å². The molecule has 346 valence electrons. The van der Waals surface area contributed by atoms with E-state index >= 15 is 0 Å². The van der Waals surface area contributed by atoms with Crippen LogP contribution in [0.4, 0.5) is 51.2 Å². The number of nitrogens with zero attached hydrogens (tertiary/aromatic N) is 3. The number of benzene rings is 8. The van der Waals surface area contributed by atoms with Gasteiger partial charge in [-0.25, -0.2) is 0 Å². The Morgan fingerprint density at radius 1 is 0.347 bits per heavy atom. The van der Waals surface area contributed by atoms with E-state index in [0.717, 1.165) is 47.0 Å². The summed E-state index contributed by atoms with van der Waals surface area (Å²) in [5, 5.41) is 0. The monoisotopic (exact) mass is 927 g/mol. The van der Waals surface area contributed by atoms with Gasteiger partial charge in [0.25, 0.3) is 13.4 Å². The number of fused-ring (bicyclic) bond motifs is 8. The Bertz CT molecular complexity index is 3600. The van der Waals surface area contributed by atoms with Gasteiger partial charge >= 0.3 is 0 Å². The molecule has 6 heteroatoms.